The molecule has 1 atom stereocenters. The highest BCUT2D eigenvalue weighted by Gasteiger charge is 2.32. The fourth-order valence-corrected chi connectivity index (χ4v) is 3.88. The minimum absolute atomic E-state index is 0. The lowest BCUT2D eigenvalue weighted by Gasteiger charge is -2.37. The van der Waals surface area contributed by atoms with Crippen molar-refractivity contribution in [1.82, 2.24) is 15.2 Å². The summed E-state index contributed by atoms with van der Waals surface area (Å²) in [5.74, 6) is 0.537. The number of likely N-dealkylation sites (tertiary alicyclic amines) is 1. The third-order valence-electron chi connectivity index (χ3n) is 4.82. The lowest BCUT2D eigenvalue weighted by molar-refractivity contribution is 0.143. The van der Waals surface area contributed by atoms with E-state index in [1.807, 2.05) is 18.3 Å². The van der Waals surface area contributed by atoms with Gasteiger partial charge in [0.2, 0.25) is 0 Å². The van der Waals surface area contributed by atoms with Gasteiger partial charge in [0.15, 0.2) is 0 Å². The van der Waals surface area contributed by atoms with Crippen LogP contribution in [0.4, 0.5) is 0 Å². The Morgan fingerprint density at radius 1 is 1.43 bits per heavy atom. The number of halogens is 2. The predicted molar refractivity (Wildman–Crippen MR) is 90.5 cm³/mol. The molecule has 1 aromatic rings. The summed E-state index contributed by atoms with van der Waals surface area (Å²) in [6.45, 7) is 8.33. The van der Waals surface area contributed by atoms with E-state index < -0.39 is 0 Å². The Kier molecular flexibility index (Phi) is 5.89. The average molecular weight is 330 g/mol. The van der Waals surface area contributed by atoms with Gasteiger partial charge >= 0.3 is 0 Å². The van der Waals surface area contributed by atoms with Crippen LogP contribution in [0.15, 0.2) is 18.3 Å². The maximum absolute atomic E-state index is 6.27. The minimum Gasteiger partial charge on any atom is -0.316 e. The SMILES string of the molecule is CC1(CN2CCC(c3ncccc3Cl)CC2)CCNC1.Cl. The molecule has 0 radical (unpaired) electrons. The fourth-order valence-electron chi connectivity index (χ4n) is 3.61. The van der Waals surface area contributed by atoms with Crippen molar-refractivity contribution in [3.63, 3.8) is 0 Å². The predicted octanol–water partition coefficient (Wildman–Crippen LogP) is 3.34. The summed E-state index contributed by atoms with van der Waals surface area (Å²) in [7, 11) is 0. The Hall–Kier alpha value is -0.350. The first-order valence-corrected chi connectivity index (χ1v) is 8.08. The number of piperidine rings is 1. The Morgan fingerprint density at radius 3 is 2.81 bits per heavy atom. The summed E-state index contributed by atoms with van der Waals surface area (Å²) in [6, 6.07) is 3.87. The highest BCUT2D eigenvalue weighted by atomic mass is 35.5. The smallest absolute Gasteiger partial charge is 0.0624 e. The first-order chi connectivity index (χ1) is 9.66. The highest BCUT2D eigenvalue weighted by Crippen LogP contribution is 2.33. The van der Waals surface area contributed by atoms with Crippen LogP contribution in [0.5, 0.6) is 0 Å². The van der Waals surface area contributed by atoms with Gasteiger partial charge in [-0.15, -0.1) is 12.4 Å². The van der Waals surface area contributed by atoms with Crippen LogP contribution in [-0.2, 0) is 0 Å². The zero-order valence-corrected chi connectivity index (χ0v) is 14.2. The van der Waals surface area contributed by atoms with E-state index in [-0.39, 0.29) is 12.4 Å². The van der Waals surface area contributed by atoms with Gasteiger partial charge in [0.1, 0.15) is 0 Å². The van der Waals surface area contributed by atoms with Gasteiger partial charge in [-0.2, -0.15) is 0 Å². The molecule has 3 heterocycles. The molecule has 0 aromatic carbocycles. The van der Waals surface area contributed by atoms with Crippen LogP contribution < -0.4 is 5.32 Å². The molecule has 1 aromatic heterocycles. The monoisotopic (exact) mass is 329 g/mol. The number of pyridine rings is 1. The zero-order chi connectivity index (χ0) is 14.0. The zero-order valence-electron chi connectivity index (χ0n) is 12.6. The Morgan fingerprint density at radius 2 is 2.19 bits per heavy atom. The molecule has 5 heteroatoms. The Bertz CT molecular complexity index is 453. The normalized spacial score (nSPS) is 27.5. The molecule has 0 spiro atoms. The highest BCUT2D eigenvalue weighted by molar-refractivity contribution is 6.31. The number of nitrogens with zero attached hydrogens (tertiary/aromatic N) is 2. The molecule has 118 valence electrons. The number of hydrogen-bond donors (Lipinski definition) is 1. The van der Waals surface area contributed by atoms with E-state index in [2.05, 4.69) is 22.1 Å². The van der Waals surface area contributed by atoms with E-state index in [4.69, 9.17) is 11.6 Å². The van der Waals surface area contributed by atoms with Gasteiger partial charge in [-0.1, -0.05) is 18.5 Å². The van der Waals surface area contributed by atoms with Crippen molar-refractivity contribution in [3.8, 4) is 0 Å². The van der Waals surface area contributed by atoms with Gasteiger partial charge in [-0.05, 0) is 56.4 Å². The maximum Gasteiger partial charge on any atom is 0.0624 e. The lowest BCUT2D eigenvalue weighted by atomic mass is 9.87. The molecule has 3 rings (SSSR count). The molecule has 0 aliphatic carbocycles. The van der Waals surface area contributed by atoms with Crippen LogP contribution in [0.25, 0.3) is 0 Å². The summed E-state index contributed by atoms with van der Waals surface area (Å²) in [5, 5.41) is 4.32. The van der Waals surface area contributed by atoms with Crippen LogP contribution in [-0.4, -0.2) is 42.6 Å². The maximum atomic E-state index is 6.27. The van der Waals surface area contributed by atoms with Crippen LogP contribution in [0, 0.1) is 5.41 Å². The topological polar surface area (TPSA) is 28.2 Å². The van der Waals surface area contributed by atoms with Crippen LogP contribution in [0.1, 0.15) is 37.8 Å². The second kappa shape index (κ2) is 7.28. The van der Waals surface area contributed by atoms with E-state index in [9.17, 15) is 0 Å². The molecular formula is C16H25Cl2N3. The molecule has 2 fully saturated rings. The second-order valence-electron chi connectivity index (χ2n) is 6.66. The summed E-state index contributed by atoms with van der Waals surface area (Å²) >= 11 is 6.27. The second-order valence-corrected chi connectivity index (χ2v) is 7.07. The van der Waals surface area contributed by atoms with E-state index >= 15 is 0 Å². The van der Waals surface area contributed by atoms with Gasteiger partial charge in [0.05, 0.1) is 10.7 Å². The van der Waals surface area contributed by atoms with Crippen LogP contribution in [0.2, 0.25) is 5.02 Å². The Balaban J connectivity index is 0.00000161. The number of hydrogen-bond acceptors (Lipinski definition) is 3. The molecule has 0 saturated carbocycles. The third kappa shape index (κ3) is 4.10. The van der Waals surface area contributed by atoms with Crippen molar-refractivity contribution in [2.24, 2.45) is 5.41 Å². The van der Waals surface area contributed by atoms with Gasteiger partial charge in [0.25, 0.3) is 0 Å². The molecule has 0 amide bonds. The van der Waals surface area contributed by atoms with Gasteiger partial charge < -0.3 is 10.2 Å². The molecular weight excluding hydrogens is 305 g/mol. The fraction of sp³-hybridized carbons (Fsp3) is 0.688. The molecule has 1 unspecified atom stereocenters. The van der Waals surface area contributed by atoms with Crippen molar-refractivity contribution in [2.45, 2.75) is 32.1 Å². The number of aromatic nitrogens is 1. The summed E-state index contributed by atoms with van der Waals surface area (Å²) < 4.78 is 0. The van der Waals surface area contributed by atoms with Crippen molar-refractivity contribution in [1.29, 1.82) is 0 Å². The Labute approximate surface area is 138 Å². The van der Waals surface area contributed by atoms with Crippen molar-refractivity contribution < 1.29 is 0 Å². The first-order valence-electron chi connectivity index (χ1n) is 7.70. The minimum atomic E-state index is 0. The van der Waals surface area contributed by atoms with Crippen LogP contribution in [0.3, 0.4) is 0 Å². The third-order valence-corrected chi connectivity index (χ3v) is 5.14. The summed E-state index contributed by atoms with van der Waals surface area (Å²) in [4.78, 5) is 7.11. The molecule has 1 N–H and O–H groups in total. The van der Waals surface area contributed by atoms with Gasteiger partial charge in [-0.3, -0.25) is 4.98 Å². The van der Waals surface area contributed by atoms with E-state index in [0.717, 1.165) is 10.7 Å². The molecule has 2 aliphatic rings. The van der Waals surface area contributed by atoms with Gasteiger partial charge in [-0.25, -0.2) is 0 Å². The number of nitrogens with one attached hydrogen (secondary N) is 1. The largest absolute Gasteiger partial charge is 0.316 e. The quantitative estimate of drug-likeness (QED) is 0.921. The van der Waals surface area contributed by atoms with E-state index in [0.29, 0.717) is 11.3 Å². The first kappa shape index (κ1) is 17.0. The molecule has 0 bridgehead atoms. The average Bonchev–Trinajstić information content (AvgIpc) is 2.87. The molecule has 3 nitrogen and oxygen atoms in total. The van der Waals surface area contributed by atoms with Gasteiger partial charge in [0, 0.05) is 25.2 Å². The molecule has 21 heavy (non-hydrogen) atoms. The van der Waals surface area contributed by atoms with E-state index in [1.54, 1.807) is 0 Å². The lowest BCUT2D eigenvalue weighted by Crippen LogP contribution is -2.41. The number of rotatable bonds is 3. The molecule has 2 saturated heterocycles. The van der Waals surface area contributed by atoms with Crippen molar-refractivity contribution >= 4 is 24.0 Å². The summed E-state index contributed by atoms with van der Waals surface area (Å²) in [6.07, 6.45) is 5.53. The standard InChI is InChI=1S/C16H24ClN3.ClH/c1-16(6-8-18-11-16)12-20-9-4-13(5-10-20)15-14(17)3-2-7-19-15;/h2-3,7,13,18H,4-6,8-12H2,1H3;1H. The van der Waals surface area contributed by atoms with E-state index in [1.165, 1.54) is 52.0 Å². The molecule has 2 aliphatic heterocycles. The van der Waals surface area contributed by atoms with Crippen molar-refractivity contribution in [3.05, 3.63) is 29.0 Å². The van der Waals surface area contributed by atoms with Crippen LogP contribution >= 0.6 is 24.0 Å². The van der Waals surface area contributed by atoms with Crippen molar-refractivity contribution in [2.75, 3.05) is 32.7 Å². The summed E-state index contributed by atoms with van der Waals surface area (Å²) in [5.41, 5.74) is 1.57.